The molecule has 4 nitrogen and oxygen atoms in total. The van der Waals surface area contributed by atoms with Crippen LogP contribution in [0, 0.1) is 0 Å². The number of nitrogens with zero attached hydrogens (tertiary/aromatic N) is 3. The molecule has 0 aliphatic rings. The van der Waals surface area contributed by atoms with Crippen LogP contribution in [0.15, 0.2) is 23.5 Å². The summed E-state index contributed by atoms with van der Waals surface area (Å²) >= 11 is 0. The molecule has 4 heteroatoms. The second-order valence-electron chi connectivity index (χ2n) is 1.74. The molecule has 10 heavy (non-hydrogen) atoms. The number of rotatable bonds is 3. The molecule has 0 aromatic carbocycles. The lowest BCUT2D eigenvalue weighted by Gasteiger charge is -1.92. The molecule has 0 spiro atoms. The Morgan fingerprint density at radius 2 is 2.60 bits per heavy atom. The topological polar surface area (TPSA) is 47.2 Å². The van der Waals surface area contributed by atoms with Gasteiger partial charge >= 0.3 is 0 Å². The predicted molar refractivity (Wildman–Crippen MR) is 35.2 cm³/mol. The highest BCUT2D eigenvalue weighted by molar-refractivity contribution is 5.32. The number of aromatic nitrogens is 2. The Hall–Kier alpha value is -1.41. The summed E-state index contributed by atoms with van der Waals surface area (Å²) in [5, 5.41) is 3.91. The molecule has 1 rings (SSSR count). The van der Waals surface area contributed by atoms with E-state index in [0.29, 0.717) is 13.1 Å². The van der Waals surface area contributed by atoms with Gasteiger partial charge in [-0.25, -0.2) is 9.79 Å². The summed E-state index contributed by atoms with van der Waals surface area (Å²) < 4.78 is 1.71. The Morgan fingerprint density at radius 1 is 1.70 bits per heavy atom. The van der Waals surface area contributed by atoms with E-state index < -0.39 is 0 Å². The van der Waals surface area contributed by atoms with E-state index in [1.54, 1.807) is 10.9 Å². The largest absolute Gasteiger partial charge is 0.271 e. The monoisotopic (exact) mass is 137 g/mol. The molecule has 52 valence electrons. The minimum atomic E-state index is 0.450. The third-order valence-electron chi connectivity index (χ3n) is 1.06. The lowest BCUT2D eigenvalue weighted by Crippen LogP contribution is -2.00. The van der Waals surface area contributed by atoms with Gasteiger partial charge in [-0.05, 0) is 6.07 Å². The van der Waals surface area contributed by atoms with E-state index in [1.165, 1.54) is 6.08 Å². The van der Waals surface area contributed by atoms with Gasteiger partial charge in [0.25, 0.3) is 0 Å². The summed E-state index contributed by atoms with van der Waals surface area (Å²) in [4.78, 5) is 13.0. The van der Waals surface area contributed by atoms with Crippen molar-refractivity contribution in [2.45, 2.75) is 6.54 Å². The van der Waals surface area contributed by atoms with Gasteiger partial charge in [0.05, 0.1) is 13.1 Å². The zero-order valence-corrected chi connectivity index (χ0v) is 5.40. The molecule has 0 amide bonds. The average Bonchev–Trinajstić information content (AvgIpc) is 2.41. The lowest BCUT2D eigenvalue weighted by molar-refractivity contribution is 0.558. The fourth-order valence-corrected chi connectivity index (χ4v) is 0.631. The molecule has 0 aliphatic carbocycles. The molecule has 0 radical (unpaired) electrons. The van der Waals surface area contributed by atoms with Crippen LogP contribution in [0.25, 0.3) is 0 Å². The van der Waals surface area contributed by atoms with Crippen molar-refractivity contribution in [3.63, 3.8) is 0 Å². The second kappa shape index (κ2) is 3.58. The summed E-state index contributed by atoms with van der Waals surface area (Å²) in [7, 11) is 0. The van der Waals surface area contributed by atoms with E-state index in [-0.39, 0.29) is 0 Å². The van der Waals surface area contributed by atoms with E-state index in [9.17, 15) is 4.79 Å². The van der Waals surface area contributed by atoms with Crippen LogP contribution in [-0.4, -0.2) is 22.4 Å². The maximum Gasteiger partial charge on any atom is 0.235 e. The van der Waals surface area contributed by atoms with E-state index in [2.05, 4.69) is 10.1 Å². The van der Waals surface area contributed by atoms with Gasteiger partial charge in [-0.1, -0.05) is 0 Å². The van der Waals surface area contributed by atoms with Crippen molar-refractivity contribution in [1.29, 1.82) is 0 Å². The van der Waals surface area contributed by atoms with Gasteiger partial charge in [-0.3, -0.25) is 4.68 Å². The minimum absolute atomic E-state index is 0.450. The van der Waals surface area contributed by atoms with Crippen LogP contribution >= 0.6 is 0 Å². The Bertz CT molecular complexity index is 223. The highest BCUT2D eigenvalue weighted by Crippen LogP contribution is 1.83. The Kier molecular flexibility index (Phi) is 2.40. The molecule has 0 unspecified atom stereocenters. The van der Waals surface area contributed by atoms with Crippen LogP contribution in [0.4, 0.5) is 0 Å². The van der Waals surface area contributed by atoms with Gasteiger partial charge in [0.15, 0.2) is 0 Å². The first kappa shape index (κ1) is 6.71. The van der Waals surface area contributed by atoms with Crippen molar-refractivity contribution in [1.82, 2.24) is 9.78 Å². The Labute approximate surface area is 58.2 Å². The zero-order chi connectivity index (χ0) is 7.23. The van der Waals surface area contributed by atoms with E-state index in [1.807, 2.05) is 12.3 Å². The summed E-state index contributed by atoms with van der Waals surface area (Å²) in [6.07, 6.45) is 4.97. The molecule has 0 N–H and O–H groups in total. The van der Waals surface area contributed by atoms with E-state index in [4.69, 9.17) is 0 Å². The molecule has 0 bridgehead atoms. The van der Waals surface area contributed by atoms with Crippen molar-refractivity contribution in [3.05, 3.63) is 18.5 Å². The van der Waals surface area contributed by atoms with Crippen molar-refractivity contribution in [2.24, 2.45) is 4.99 Å². The molecule has 0 saturated heterocycles. The highest BCUT2D eigenvalue weighted by atomic mass is 16.1. The van der Waals surface area contributed by atoms with Gasteiger partial charge in [-0.15, -0.1) is 0 Å². The quantitative estimate of drug-likeness (QED) is 0.442. The van der Waals surface area contributed by atoms with Crippen LogP contribution in [-0.2, 0) is 11.3 Å². The third-order valence-corrected chi connectivity index (χ3v) is 1.06. The summed E-state index contributed by atoms with van der Waals surface area (Å²) in [6, 6.07) is 1.82. The van der Waals surface area contributed by atoms with Gasteiger partial charge in [-0.2, -0.15) is 5.10 Å². The van der Waals surface area contributed by atoms with Gasteiger partial charge in [0, 0.05) is 12.4 Å². The van der Waals surface area contributed by atoms with Gasteiger partial charge in [0.1, 0.15) is 0 Å². The van der Waals surface area contributed by atoms with Crippen LogP contribution in [0.5, 0.6) is 0 Å². The lowest BCUT2D eigenvalue weighted by atomic mass is 10.6. The Morgan fingerprint density at radius 3 is 3.20 bits per heavy atom. The average molecular weight is 137 g/mol. The maximum absolute atomic E-state index is 9.61. The number of carbonyl (C=O) groups excluding carboxylic acids is 1. The first-order valence-corrected chi connectivity index (χ1v) is 2.94. The van der Waals surface area contributed by atoms with Crippen molar-refractivity contribution >= 4 is 6.08 Å². The van der Waals surface area contributed by atoms with Crippen LogP contribution in [0.3, 0.4) is 0 Å². The third kappa shape index (κ3) is 1.84. The maximum atomic E-state index is 9.61. The summed E-state index contributed by atoms with van der Waals surface area (Å²) in [5.74, 6) is 0. The first-order chi connectivity index (χ1) is 4.93. The first-order valence-electron chi connectivity index (χ1n) is 2.94. The van der Waals surface area contributed by atoms with Crippen molar-refractivity contribution < 1.29 is 4.79 Å². The smallest absolute Gasteiger partial charge is 0.235 e. The molecule has 0 atom stereocenters. The molecule has 0 saturated carbocycles. The number of hydrogen-bond donors (Lipinski definition) is 0. The number of aliphatic imine (C=N–C) groups is 1. The normalized spacial score (nSPS) is 8.80. The molecule has 1 aromatic rings. The van der Waals surface area contributed by atoms with Crippen molar-refractivity contribution in [3.8, 4) is 0 Å². The molecular weight excluding hydrogens is 130 g/mol. The zero-order valence-electron chi connectivity index (χ0n) is 5.40. The molecule has 1 aromatic heterocycles. The van der Waals surface area contributed by atoms with Crippen LogP contribution in [0.1, 0.15) is 0 Å². The van der Waals surface area contributed by atoms with Crippen LogP contribution < -0.4 is 0 Å². The van der Waals surface area contributed by atoms with Crippen LogP contribution in [0.2, 0.25) is 0 Å². The van der Waals surface area contributed by atoms with Gasteiger partial charge in [0.2, 0.25) is 6.08 Å². The minimum Gasteiger partial charge on any atom is -0.271 e. The van der Waals surface area contributed by atoms with E-state index in [0.717, 1.165) is 0 Å². The summed E-state index contributed by atoms with van der Waals surface area (Å²) in [6.45, 7) is 1.09. The van der Waals surface area contributed by atoms with Gasteiger partial charge < -0.3 is 0 Å². The Balaban J connectivity index is 2.34. The molecule has 0 fully saturated rings. The number of hydrogen-bond acceptors (Lipinski definition) is 3. The fraction of sp³-hybridized carbons (Fsp3) is 0.333. The number of isocyanates is 1. The predicted octanol–water partition coefficient (Wildman–Crippen LogP) is 0.219. The van der Waals surface area contributed by atoms with E-state index >= 15 is 0 Å². The molecular formula is C6H7N3O. The standard InChI is InChI=1S/C6H7N3O/c10-6-7-3-5-9-4-1-2-8-9/h1-2,4H,3,5H2. The molecule has 0 aliphatic heterocycles. The highest BCUT2D eigenvalue weighted by Gasteiger charge is 1.85. The van der Waals surface area contributed by atoms with Crippen molar-refractivity contribution in [2.75, 3.05) is 6.54 Å². The molecule has 1 heterocycles. The SMILES string of the molecule is O=C=NCCn1cccn1. The second-order valence-corrected chi connectivity index (χ2v) is 1.74. The fourth-order valence-electron chi connectivity index (χ4n) is 0.631. The summed E-state index contributed by atoms with van der Waals surface area (Å²) in [5.41, 5.74) is 0.